The number of aromatic nitrogens is 3. The number of nitrogens with zero attached hydrogens (tertiary/aromatic N) is 5. The number of benzene rings is 1. The molecule has 1 aromatic carbocycles. The first-order valence-corrected chi connectivity index (χ1v) is 9.32. The maximum atomic E-state index is 4.26. The number of nitrogens with one attached hydrogen (secondary N) is 2. The van der Waals surface area contributed by atoms with Crippen LogP contribution in [0.1, 0.15) is 36.2 Å². The number of piperidine rings is 1. The molecule has 0 radical (unpaired) electrons. The Morgan fingerprint density at radius 1 is 1.04 bits per heavy atom. The van der Waals surface area contributed by atoms with Crippen molar-refractivity contribution in [3.05, 3.63) is 47.5 Å². The predicted molar refractivity (Wildman–Crippen MR) is 104 cm³/mol. The quantitative estimate of drug-likeness (QED) is 0.609. The highest BCUT2D eigenvalue weighted by atomic mass is 15.3. The van der Waals surface area contributed by atoms with Crippen LogP contribution in [-0.4, -0.2) is 45.8 Å². The molecule has 1 aliphatic heterocycles. The van der Waals surface area contributed by atoms with E-state index >= 15 is 0 Å². The highest BCUT2D eigenvalue weighted by Crippen LogP contribution is 2.13. The van der Waals surface area contributed by atoms with Crippen molar-refractivity contribution in [3.63, 3.8) is 0 Å². The summed E-state index contributed by atoms with van der Waals surface area (Å²) in [5, 5.41) is 10.7. The molecule has 26 heavy (non-hydrogen) atoms. The highest BCUT2D eigenvalue weighted by Gasteiger charge is 2.10. The minimum absolute atomic E-state index is 0.588. The monoisotopic (exact) mass is 355 g/mol. The van der Waals surface area contributed by atoms with Gasteiger partial charge in [0.1, 0.15) is 12.2 Å². The van der Waals surface area contributed by atoms with Crippen molar-refractivity contribution in [3.8, 4) is 0 Å². The van der Waals surface area contributed by atoms with Crippen molar-refractivity contribution in [1.82, 2.24) is 30.3 Å². The number of aryl methyl sites for hydroxylation is 1. The first kappa shape index (κ1) is 18.4. The Hall–Kier alpha value is -2.41. The van der Waals surface area contributed by atoms with Crippen molar-refractivity contribution in [2.75, 3.05) is 20.1 Å². The number of hydrogen-bond acceptors (Lipinski definition) is 4. The Balaban J connectivity index is 1.45. The summed E-state index contributed by atoms with van der Waals surface area (Å²) in [5.74, 6) is 1.63. The number of aliphatic imine (C=N–C) groups is 1. The van der Waals surface area contributed by atoms with E-state index in [0.29, 0.717) is 6.54 Å². The predicted octanol–water partition coefficient (Wildman–Crippen LogP) is 1.67. The van der Waals surface area contributed by atoms with Gasteiger partial charge in [-0.05, 0) is 37.1 Å². The molecule has 0 amide bonds. The minimum Gasteiger partial charge on any atom is -0.352 e. The second-order valence-corrected chi connectivity index (χ2v) is 6.73. The summed E-state index contributed by atoms with van der Waals surface area (Å²) >= 11 is 0. The Kier molecular flexibility index (Phi) is 6.60. The summed E-state index contributed by atoms with van der Waals surface area (Å²) in [6.45, 7) is 4.86. The second-order valence-electron chi connectivity index (χ2n) is 6.73. The Labute approximate surface area is 155 Å². The maximum absolute atomic E-state index is 4.26. The third kappa shape index (κ3) is 5.29. The van der Waals surface area contributed by atoms with Crippen LogP contribution in [0.15, 0.2) is 35.6 Å². The van der Waals surface area contributed by atoms with Gasteiger partial charge >= 0.3 is 0 Å². The average molecular weight is 355 g/mol. The van der Waals surface area contributed by atoms with Gasteiger partial charge in [0.15, 0.2) is 5.96 Å². The molecule has 7 nitrogen and oxygen atoms in total. The molecule has 0 spiro atoms. The summed E-state index contributed by atoms with van der Waals surface area (Å²) in [4.78, 5) is 11.0. The van der Waals surface area contributed by atoms with E-state index < -0.39 is 0 Å². The van der Waals surface area contributed by atoms with Crippen LogP contribution in [0.2, 0.25) is 0 Å². The first-order valence-electron chi connectivity index (χ1n) is 9.32. The van der Waals surface area contributed by atoms with Crippen LogP contribution in [-0.2, 0) is 26.7 Å². The fraction of sp³-hybridized carbons (Fsp3) is 0.526. The van der Waals surface area contributed by atoms with Gasteiger partial charge in [0.05, 0.1) is 6.54 Å². The van der Waals surface area contributed by atoms with E-state index in [1.54, 1.807) is 18.1 Å². The van der Waals surface area contributed by atoms with E-state index in [0.717, 1.165) is 24.9 Å². The Morgan fingerprint density at radius 3 is 2.38 bits per heavy atom. The summed E-state index contributed by atoms with van der Waals surface area (Å²) in [5.41, 5.74) is 2.63. The molecule has 2 aromatic rings. The molecule has 0 aliphatic carbocycles. The summed E-state index contributed by atoms with van der Waals surface area (Å²) in [6, 6.07) is 8.87. The lowest BCUT2D eigenvalue weighted by molar-refractivity contribution is 0.221. The molecule has 1 saturated heterocycles. The minimum atomic E-state index is 0.588. The van der Waals surface area contributed by atoms with Gasteiger partial charge in [0, 0.05) is 27.2 Å². The molecule has 2 heterocycles. The van der Waals surface area contributed by atoms with Gasteiger partial charge < -0.3 is 10.6 Å². The zero-order chi connectivity index (χ0) is 18.2. The van der Waals surface area contributed by atoms with Crippen LogP contribution < -0.4 is 10.6 Å². The fourth-order valence-electron chi connectivity index (χ4n) is 3.19. The Bertz CT molecular complexity index is 699. The maximum Gasteiger partial charge on any atom is 0.191 e. The third-order valence-corrected chi connectivity index (χ3v) is 4.78. The van der Waals surface area contributed by atoms with Crippen molar-refractivity contribution in [2.24, 2.45) is 12.0 Å². The van der Waals surface area contributed by atoms with E-state index in [1.165, 1.54) is 43.5 Å². The molecule has 1 aromatic heterocycles. The number of likely N-dealkylation sites (tertiary alicyclic amines) is 1. The van der Waals surface area contributed by atoms with Crippen LogP contribution in [0.5, 0.6) is 0 Å². The molecule has 3 rings (SSSR count). The lowest BCUT2D eigenvalue weighted by Gasteiger charge is -2.26. The standard InChI is InChI=1S/C19H29N7/c1-20-19(22-13-18-23-15-24-25(18)2)21-12-16-6-8-17(9-7-16)14-26-10-4-3-5-11-26/h6-9,15H,3-5,10-14H2,1-2H3,(H2,20,21,22). The topological polar surface area (TPSA) is 70.4 Å². The van der Waals surface area contributed by atoms with Gasteiger partial charge in [-0.25, -0.2) is 4.98 Å². The van der Waals surface area contributed by atoms with Gasteiger partial charge in [0.25, 0.3) is 0 Å². The molecular weight excluding hydrogens is 326 g/mol. The molecule has 2 N–H and O–H groups in total. The Morgan fingerprint density at radius 2 is 1.73 bits per heavy atom. The largest absolute Gasteiger partial charge is 0.352 e. The second kappa shape index (κ2) is 9.33. The van der Waals surface area contributed by atoms with Crippen LogP contribution in [0, 0.1) is 0 Å². The van der Waals surface area contributed by atoms with Crippen molar-refractivity contribution < 1.29 is 0 Å². The molecule has 1 fully saturated rings. The van der Waals surface area contributed by atoms with Crippen LogP contribution >= 0.6 is 0 Å². The van der Waals surface area contributed by atoms with Gasteiger partial charge in [-0.2, -0.15) is 5.10 Å². The average Bonchev–Trinajstić information content (AvgIpc) is 3.09. The van der Waals surface area contributed by atoms with Crippen LogP contribution in [0.4, 0.5) is 0 Å². The van der Waals surface area contributed by atoms with Crippen molar-refractivity contribution >= 4 is 5.96 Å². The molecule has 140 valence electrons. The summed E-state index contributed by atoms with van der Waals surface area (Å²) in [7, 11) is 3.65. The zero-order valence-electron chi connectivity index (χ0n) is 15.8. The molecule has 0 unspecified atom stereocenters. The molecule has 1 aliphatic rings. The SMILES string of the molecule is CN=C(NCc1ccc(CN2CCCCC2)cc1)NCc1ncnn1C. The summed E-state index contributed by atoms with van der Waals surface area (Å²) < 4.78 is 1.75. The molecular formula is C19H29N7. The number of guanidine groups is 1. The van der Waals surface area contributed by atoms with Gasteiger partial charge in [-0.15, -0.1) is 0 Å². The van der Waals surface area contributed by atoms with Gasteiger partial charge in [-0.1, -0.05) is 30.7 Å². The van der Waals surface area contributed by atoms with Crippen molar-refractivity contribution in [1.29, 1.82) is 0 Å². The summed E-state index contributed by atoms with van der Waals surface area (Å²) in [6.07, 6.45) is 5.61. The van der Waals surface area contributed by atoms with E-state index in [4.69, 9.17) is 0 Å². The van der Waals surface area contributed by atoms with Crippen molar-refractivity contribution in [2.45, 2.75) is 38.9 Å². The number of rotatable bonds is 6. The third-order valence-electron chi connectivity index (χ3n) is 4.78. The van der Waals surface area contributed by atoms with Crippen LogP contribution in [0.25, 0.3) is 0 Å². The zero-order valence-corrected chi connectivity index (χ0v) is 15.8. The molecule has 0 bridgehead atoms. The fourth-order valence-corrected chi connectivity index (χ4v) is 3.19. The van der Waals surface area contributed by atoms with E-state index in [9.17, 15) is 0 Å². The molecule has 0 atom stereocenters. The normalized spacial score (nSPS) is 15.8. The van der Waals surface area contributed by atoms with E-state index in [-0.39, 0.29) is 0 Å². The highest BCUT2D eigenvalue weighted by molar-refractivity contribution is 5.79. The smallest absolute Gasteiger partial charge is 0.191 e. The molecule has 0 saturated carbocycles. The first-order chi connectivity index (χ1) is 12.7. The number of hydrogen-bond donors (Lipinski definition) is 2. The van der Waals surface area contributed by atoms with E-state index in [2.05, 4.69) is 54.9 Å². The van der Waals surface area contributed by atoms with E-state index in [1.807, 2.05) is 7.05 Å². The molecule has 7 heteroatoms. The lowest BCUT2D eigenvalue weighted by atomic mass is 10.1. The van der Waals surface area contributed by atoms with Gasteiger partial charge in [-0.3, -0.25) is 14.6 Å². The van der Waals surface area contributed by atoms with Crippen LogP contribution in [0.3, 0.4) is 0 Å². The lowest BCUT2D eigenvalue weighted by Crippen LogP contribution is -2.36. The van der Waals surface area contributed by atoms with Gasteiger partial charge in [0.2, 0.25) is 0 Å².